The van der Waals surface area contributed by atoms with Crippen LogP contribution < -0.4 is 19.6 Å². The van der Waals surface area contributed by atoms with Crippen molar-refractivity contribution in [3.05, 3.63) is 87.9 Å². The molecule has 164 valence electrons. The molecule has 32 heavy (non-hydrogen) atoms. The first-order chi connectivity index (χ1) is 15.4. The number of carbonyl (C=O) groups excluding carboxylic acids is 2. The Morgan fingerprint density at radius 3 is 2.25 bits per heavy atom. The Bertz CT molecular complexity index is 1120. The number of halogens is 2. The molecule has 3 aromatic carbocycles. The van der Waals surface area contributed by atoms with E-state index in [1.165, 1.54) is 13.3 Å². The zero-order valence-corrected chi connectivity index (χ0v) is 18.4. The molecule has 0 fully saturated rings. The molecule has 3 rings (SSSR count). The fourth-order valence-electron chi connectivity index (χ4n) is 2.48. The van der Waals surface area contributed by atoms with Crippen LogP contribution in [0.5, 0.6) is 17.2 Å². The summed E-state index contributed by atoms with van der Waals surface area (Å²) in [5.74, 6) is 0.103. The summed E-state index contributed by atoms with van der Waals surface area (Å²) < 4.78 is 16.0. The van der Waals surface area contributed by atoms with E-state index in [-0.39, 0.29) is 12.4 Å². The van der Waals surface area contributed by atoms with Crippen molar-refractivity contribution in [2.45, 2.75) is 0 Å². The number of carbonyl (C=O) groups is 2. The van der Waals surface area contributed by atoms with Gasteiger partial charge in [-0.3, -0.25) is 4.79 Å². The maximum absolute atomic E-state index is 12.3. The fourth-order valence-corrected chi connectivity index (χ4v) is 2.74. The van der Waals surface area contributed by atoms with Gasteiger partial charge in [0, 0.05) is 10.0 Å². The van der Waals surface area contributed by atoms with Gasteiger partial charge in [-0.25, -0.2) is 10.2 Å². The first-order valence-corrected chi connectivity index (χ1v) is 10.1. The molecule has 9 heteroatoms. The molecular weight excluding hydrogens is 455 g/mol. The number of methoxy groups -OCH3 is 1. The highest BCUT2D eigenvalue weighted by atomic mass is 35.5. The van der Waals surface area contributed by atoms with E-state index < -0.39 is 11.9 Å². The normalized spacial score (nSPS) is 10.6. The number of nitrogens with zero attached hydrogens (tertiary/aromatic N) is 1. The number of ether oxygens (including phenoxy) is 3. The van der Waals surface area contributed by atoms with Gasteiger partial charge in [-0.1, -0.05) is 23.2 Å². The lowest BCUT2D eigenvalue weighted by atomic mass is 10.2. The number of esters is 1. The standard InChI is InChI=1S/C23H18Cl2N2O5/c1-30-21-12-15(2-11-20(21)32-23(29)16-3-5-17(24)6-4-16)13-26-27-22(28)14-31-19-9-7-18(25)8-10-19/h2-13H,14H2,1H3,(H,27,28)/b26-13+. The molecule has 0 saturated carbocycles. The van der Waals surface area contributed by atoms with E-state index >= 15 is 0 Å². The summed E-state index contributed by atoms with van der Waals surface area (Å²) >= 11 is 11.6. The highest BCUT2D eigenvalue weighted by molar-refractivity contribution is 6.30. The van der Waals surface area contributed by atoms with Gasteiger partial charge in [-0.15, -0.1) is 0 Å². The molecule has 0 unspecified atom stereocenters. The molecule has 0 aromatic heterocycles. The van der Waals surface area contributed by atoms with Gasteiger partial charge in [-0.05, 0) is 72.3 Å². The van der Waals surface area contributed by atoms with Gasteiger partial charge in [0.15, 0.2) is 18.1 Å². The quantitative estimate of drug-likeness (QED) is 0.221. The van der Waals surface area contributed by atoms with Gasteiger partial charge in [0.2, 0.25) is 0 Å². The topological polar surface area (TPSA) is 86.2 Å². The van der Waals surface area contributed by atoms with Crippen LogP contribution in [0.1, 0.15) is 15.9 Å². The molecule has 0 aliphatic rings. The molecule has 1 amide bonds. The van der Waals surface area contributed by atoms with E-state index in [1.807, 2.05) is 0 Å². The van der Waals surface area contributed by atoms with Crippen LogP contribution in [0, 0.1) is 0 Å². The van der Waals surface area contributed by atoms with Crippen molar-refractivity contribution in [2.75, 3.05) is 13.7 Å². The minimum absolute atomic E-state index is 0.206. The molecule has 0 spiro atoms. The van der Waals surface area contributed by atoms with Crippen molar-refractivity contribution in [3.8, 4) is 17.2 Å². The van der Waals surface area contributed by atoms with Crippen LogP contribution >= 0.6 is 23.2 Å². The molecule has 0 atom stereocenters. The summed E-state index contributed by atoms with van der Waals surface area (Å²) in [5.41, 5.74) is 3.34. The van der Waals surface area contributed by atoms with E-state index in [1.54, 1.807) is 66.7 Å². The minimum Gasteiger partial charge on any atom is -0.493 e. The smallest absolute Gasteiger partial charge is 0.343 e. The summed E-state index contributed by atoms with van der Waals surface area (Å²) in [7, 11) is 1.45. The van der Waals surface area contributed by atoms with Crippen LogP contribution in [0.25, 0.3) is 0 Å². The molecule has 1 N–H and O–H groups in total. The Labute approximate surface area is 194 Å². The van der Waals surface area contributed by atoms with Crippen molar-refractivity contribution < 1.29 is 23.8 Å². The second kappa shape index (κ2) is 11.2. The summed E-state index contributed by atoms with van der Waals surface area (Å²) in [4.78, 5) is 24.2. The average Bonchev–Trinajstić information content (AvgIpc) is 2.80. The lowest BCUT2D eigenvalue weighted by Crippen LogP contribution is -2.24. The van der Waals surface area contributed by atoms with Gasteiger partial charge in [-0.2, -0.15) is 5.10 Å². The largest absolute Gasteiger partial charge is 0.493 e. The Balaban J connectivity index is 1.55. The van der Waals surface area contributed by atoms with E-state index in [0.717, 1.165) is 0 Å². The second-order valence-corrected chi connectivity index (χ2v) is 7.22. The zero-order chi connectivity index (χ0) is 22.9. The molecule has 3 aromatic rings. The highest BCUT2D eigenvalue weighted by Crippen LogP contribution is 2.28. The minimum atomic E-state index is -0.547. The number of amides is 1. The van der Waals surface area contributed by atoms with Gasteiger partial charge in [0.05, 0.1) is 18.9 Å². The van der Waals surface area contributed by atoms with Crippen LogP contribution in [0.15, 0.2) is 71.8 Å². The van der Waals surface area contributed by atoms with Crippen LogP contribution in [0.2, 0.25) is 10.0 Å². The third-order valence-corrected chi connectivity index (χ3v) is 4.56. The molecule has 0 heterocycles. The molecule has 0 radical (unpaired) electrons. The van der Waals surface area contributed by atoms with Crippen molar-refractivity contribution in [2.24, 2.45) is 5.10 Å². The lowest BCUT2D eigenvalue weighted by Gasteiger charge is -2.10. The van der Waals surface area contributed by atoms with Gasteiger partial charge in [0.25, 0.3) is 5.91 Å². The van der Waals surface area contributed by atoms with Gasteiger partial charge < -0.3 is 14.2 Å². The van der Waals surface area contributed by atoms with E-state index in [0.29, 0.717) is 32.7 Å². The molecule has 0 saturated heterocycles. The van der Waals surface area contributed by atoms with Crippen molar-refractivity contribution in [1.29, 1.82) is 0 Å². The molecule has 0 aliphatic heterocycles. The Hall–Kier alpha value is -3.55. The molecule has 0 bridgehead atoms. The number of hydrazone groups is 1. The van der Waals surface area contributed by atoms with Crippen molar-refractivity contribution in [1.82, 2.24) is 5.43 Å². The third-order valence-electron chi connectivity index (χ3n) is 4.06. The number of benzene rings is 3. The van der Waals surface area contributed by atoms with E-state index in [9.17, 15) is 9.59 Å². The Kier molecular flexibility index (Phi) is 8.08. The second-order valence-electron chi connectivity index (χ2n) is 6.34. The molecule has 0 aliphatic carbocycles. The summed E-state index contributed by atoms with van der Waals surface area (Å²) in [6.45, 7) is -0.206. The van der Waals surface area contributed by atoms with E-state index in [4.69, 9.17) is 37.4 Å². The zero-order valence-electron chi connectivity index (χ0n) is 16.9. The number of rotatable bonds is 8. The Morgan fingerprint density at radius 1 is 0.938 bits per heavy atom. The van der Waals surface area contributed by atoms with Crippen LogP contribution in [-0.2, 0) is 4.79 Å². The maximum atomic E-state index is 12.3. The maximum Gasteiger partial charge on any atom is 0.343 e. The van der Waals surface area contributed by atoms with Crippen LogP contribution in [0.4, 0.5) is 0 Å². The number of nitrogens with one attached hydrogen (secondary N) is 1. The summed E-state index contributed by atoms with van der Waals surface area (Å²) in [6.07, 6.45) is 1.42. The van der Waals surface area contributed by atoms with Gasteiger partial charge >= 0.3 is 5.97 Å². The predicted molar refractivity (Wildman–Crippen MR) is 122 cm³/mol. The van der Waals surface area contributed by atoms with Gasteiger partial charge in [0.1, 0.15) is 5.75 Å². The predicted octanol–water partition coefficient (Wildman–Crippen LogP) is 4.75. The first kappa shape index (κ1) is 23.1. The SMILES string of the molecule is COc1cc(/C=N/NC(=O)COc2ccc(Cl)cc2)ccc1OC(=O)c1ccc(Cl)cc1. The lowest BCUT2D eigenvalue weighted by molar-refractivity contribution is -0.123. The van der Waals surface area contributed by atoms with E-state index in [2.05, 4.69) is 10.5 Å². The van der Waals surface area contributed by atoms with Crippen LogP contribution in [0.3, 0.4) is 0 Å². The number of hydrogen-bond donors (Lipinski definition) is 1. The average molecular weight is 473 g/mol. The van der Waals surface area contributed by atoms with Crippen LogP contribution in [-0.4, -0.2) is 31.8 Å². The Morgan fingerprint density at radius 2 is 1.59 bits per heavy atom. The molecular formula is C23H18Cl2N2O5. The first-order valence-electron chi connectivity index (χ1n) is 9.30. The van der Waals surface area contributed by atoms with Crippen molar-refractivity contribution in [3.63, 3.8) is 0 Å². The third kappa shape index (κ3) is 6.73. The fraction of sp³-hybridized carbons (Fsp3) is 0.0870. The monoisotopic (exact) mass is 472 g/mol. The summed E-state index contributed by atoms with van der Waals surface area (Å²) in [6, 6.07) is 17.8. The van der Waals surface area contributed by atoms with Crippen molar-refractivity contribution >= 4 is 41.3 Å². The summed E-state index contributed by atoms with van der Waals surface area (Å²) in [5, 5.41) is 4.98. The number of hydrogen-bond acceptors (Lipinski definition) is 6. The molecule has 7 nitrogen and oxygen atoms in total. The highest BCUT2D eigenvalue weighted by Gasteiger charge is 2.13.